The van der Waals surface area contributed by atoms with Gasteiger partial charge < -0.3 is 4.42 Å². The summed E-state index contributed by atoms with van der Waals surface area (Å²) in [4.78, 5) is 3.86. The largest absolute Gasteiger partial charge is 0.464 e. The van der Waals surface area contributed by atoms with Crippen molar-refractivity contribution in [3.8, 4) is 28.3 Å². The summed E-state index contributed by atoms with van der Waals surface area (Å²) in [5.41, 5.74) is 1.45. The predicted octanol–water partition coefficient (Wildman–Crippen LogP) is 4.93. The molecule has 3 aromatic heterocycles. The molecule has 4 aromatic rings. The molecule has 3 heterocycles. The average molecular weight is 447 g/mol. The second-order valence-electron chi connectivity index (χ2n) is 6.96. The first-order chi connectivity index (χ1) is 14.5. The number of nitrogens with zero attached hydrogens (tertiary/aromatic N) is 3. The molecule has 1 aromatic carbocycles. The number of hydrogen-bond acceptors (Lipinski definition) is 5. The fraction of sp³-hybridized carbons (Fsp3) is 0.143. The van der Waals surface area contributed by atoms with E-state index in [1.165, 1.54) is 18.3 Å². The second-order valence-corrected chi connectivity index (χ2v) is 8.92. The first kappa shape index (κ1) is 20.9. The number of hydrogen-bond donors (Lipinski definition) is 0. The highest BCUT2D eigenvalue weighted by molar-refractivity contribution is 7.90. The lowest BCUT2D eigenvalue weighted by Gasteiger charge is -2.10. The molecule has 160 valence electrons. The van der Waals surface area contributed by atoms with Crippen molar-refractivity contribution in [3.63, 3.8) is 0 Å². The number of aromatic nitrogens is 3. The van der Waals surface area contributed by atoms with Crippen molar-refractivity contribution < 1.29 is 26.0 Å². The van der Waals surface area contributed by atoms with Gasteiger partial charge in [0.1, 0.15) is 5.76 Å². The van der Waals surface area contributed by atoms with E-state index in [4.69, 9.17) is 4.42 Å². The van der Waals surface area contributed by atoms with Crippen LogP contribution < -0.4 is 0 Å². The van der Waals surface area contributed by atoms with Crippen LogP contribution in [0, 0.1) is 6.92 Å². The van der Waals surface area contributed by atoms with Gasteiger partial charge >= 0.3 is 6.18 Å². The minimum absolute atomic E-state index is 0.181. The number of aryl methyl sites for hydroxylation is 1. The Balaban J connectivity index is 1.84. The van der Waals surface area contributed by atoms with E-state index in [-0.39, 0.29) is 16.4 Å². The lowest BCUT2D eigenvalue weighted by molar-refractivity contribution is -0.141. The maximum atomic E-state index is 13.4. The van der Waals surface area contributed by atoms with Crippen LogP contribution in [-0.2, 0) is 16.0 Å². The third kappa shape index (κ3) is 4.11. The van der Waals surface area contributed by atoms with Gasteiger partial charge in [-0.25, -0.2) is 18.1 Å². The number of benzene rings is 1. The average Bonchev–Trinajstić information content (AvgIpc) is 3.37. The highest BCUT2D eigenvalue weighted by atomic mass is 32.2. The molecule has 0 N–H and O–H groups in total. The molecule has 0 amide bonds. The summed E-state index contributed by atoms with van der Waals surface area (Å²) in [6.07, 6.45) is -0.930. The first-order valence-corrected chi connectivity index (χ1v) is 10.9. The Labute approximate surface area is 175 Å². The smallest absolute Gasteiger partial charge is 0.435 e. The topological polar surface area (TPSA) is 78.0 Å². The molecular formula is C21H16F3N3O3S. The third-order valence-electron chi connectivity index (χ3n) is 4.65. The summed E-state index contributed by atoms with van der Waals surface area (Å²) in [5, 5.41) is 3.52. The van der Waals surface area contributed by atoms with Crippen molar-refractivity contribution >= 4 is 9.84 Å². The zero-order chi connectivity index (χ0) is 22.4. The molecule has 6 nitrogen and oxygen atoms in total. The van der Waals surface area contributed by atoms with Gasteiger partial charge in [0.25, 0.3) is 0 Å². The van der Waals surface area contributed by atoms with Crippen LogP contribution in [0.5, 0.6) is 0 Å². The Morgan fingerprint density at radius 1 is 1.06 bits per heavy atom. The summed E-state index contributed by atoms with van der Waals surface area (Å²) in [6.45, 7) is 1.83. The third-order valence-corrected chi connectivity index (χ3v) is 5.66. The molecule has 0 aliphatic carbocycles. The fourth-order valence-electron chi connectivity index (χ4n) is 3.17. The zero-order valence-electron chi connectivity index (χ0n) is 16.4. The lowest BCUT2D eigenvalue weighted by Crippen LogP contribution is -2.08. The van der Waals surface area contributed by atoms with Crippen molar-refractivity contribution in [2.45, 2.75) is 18.1 Å². The van der Waals surface area contributed by atoms with Gasteiger partial charge in [-0.3, -0.25) is 0 Å². The van der Waals surface area contributed by atoms with Crippen molar-refractivity contribution in [2.24, 2.45) is 0 Å². The van der Waals surface area contributed by atoms with Gasteiger partial charge in [0.2, 0.25) is 0 Å². The molecule has 0 bridgehead atoms. The lowest BCUT2D eigenvalue weighted by atomic mass is 10.0. The molecule has 0 fully saturated rings. The van der Waals surface area contributed by atoms with Crippen molar-refractivity contribution in [1.29, 1.82) is 0 Å². The van der Waals surface area contributed by atoms with E-state index in [1.54, 1.807) is 36.6 Å². The van der Waals surface area contributed by atoms with Crippen LogP contribution in [0.1, 0.15) is 11.3 Å². The van der Waals surface area contributed by atoms with Gasteiger partial charge in [0, 0.05) is 17.4 Å². The van der Waals surface area contributed by atoms with E-state index in [1.807, 2.05) is 6.92 Å². The molecule has 0 atom stereocenters. The van der Waals surface area contributed by atoms with E-state index < -0.39 is 21.7 Å². The Morgan fingerprint density at radius 2 is 1.84 bits per heavy atom. The number of furan rings is 1. The second kappa shape index (κ2) is 7.38. The summed E-state index contributed by atoms with van der Waals surface area (Å²) in [7, 11) is -3.54. The van der Waals surface area contributed by atoms with Crippen molar-refractivity contribution in [1.82, 2.24) is 14.8 Å². The number of pyridine rings is 1. The first-order valence-electron chi connectivity index (χ1n) is 9.03. The Morgan fingerprint density at radius 3 is 2.39 bits per heavy atom. The van der Waals surface area contributed by atoms with Crippen LogP contribution in [0.3, 0.4) is 0 Å². The highest BCUT2D eigenvalue weighted by Gasteiger charge is 2.35. The van der Waals surface area contributed by atoms with E-state index in [0.29, 0.717) is 11.3 Å². The Kier molecular flexibility index (Phi) is 4.97. The van der Waals surface area contributed by atoms with Crippen molar-refractivity contribution in [3.05, 3.63) is 72.2 Å². The minimum Gasteiger partial charge on any atom is -0.464 e. The van der Waals surface area contributed by atoms with Gasteiger partial charge in [-0.2, -0.15) is 18.3 Å². The molecule has 10 heteroatoms. The summed E-state index contributed by atoms with van der Waals surface area (Å²) in [5.74, 6) is 0.647. The molecule has 0 saturated carbocycles. The molecule has 31 heavy (non-hydrogen) atoms. The Hall–Kier alpha value is -3.40. The van der Waals surface area contributed by atoms with E-state index in [2.05, 4.69) is 10.1 Å². The van der Waals surface area contributed by atoms with E-state index in [9.17, 15) is 21.6 Å². The minimum atomic E-state index is -4.65. The predicted molar refractivity (Wildman–Crippen MR) is 107 cm³/mol. The van der Waals surface area contributed by atoms with Gasteiger partial charge in [-0.05, 0) is 48.9 Å². The zero-order valence-corrected chi connectivity index (χ0v) is 17.2. The number of rotatable bonds is 4. The molecular weight excluding hydrogens is 431 g/mol. The molecule has 4 rings (SSSR count). The summed E-state index contributed by atoms with van der Waals surface area (Å²) >= 11 is 0. The van der Waals surface area contributed by atoms with Gasteiger partial charge in [-0.1, -0.05) is 12.1 Å². The molecule has 0 radical (unpaired) electrons. The van der Waals surface area contributed by atoms with Gasteiger partial charge in [0.05, 0.1) is 23.8 Å². The number of sulfone groups is 1. The number of alkyl halides is 3. The van der Waals surface area contributed by atoms with Crippen LogP contribution in [0.2, 0.25) is 0 Å². The van der Waals surface area contributed by atoms with Crippen LogP contribution in [-0.4, -0.2) is 29.4 Å². The maximum Gasteiger partial charge on any atom is 0.435 e. The molecule has 0 unspecified atom stereocenters. The van der Waals surface area contributed by atoms with E-state index in [0.717, 1.165) is 28.1 Å². The van der Waals surface area contributed by atoms with Gasteiger partial charge in [0.15, 0.2) is 20.6 Å². The van der Waals surface area contributed by atoms with Crippen LogP contribution in [0.15, 0.2) is 70.4 Å². The van der Waals surface area contributed by atoms with Crippen LogP contribution in [0.4, 0.5) is 13.2 Å². The highest BCUT2D eigenvalue weighted by Crippen LogP contribution is 2.35. The SMILES string of the molecule is Cc1cc(-c2cc(C(F)(F)F)nn2-c2ccc(S(C)(=O)=O)nc2)ccc1-c1ccco1. The molecule has 0 aliphatic heterocycles. The fourth-order valence-corrected chi connectivity index (χ4v) is 3.73. The van der Waals surface area contributed by atoms with Gasteiger partial charge in [-0.15, -0.1) is 0 Å². The normalized spacial score (nSPS) is 12.3. The molecule has 0 spiro atoms. The summed E-state index contributed by atoms with van der Waals surface area (Å²) < 4.78 is 69.9. The quantitative estimate of drug-likeness (QED) is 0.444. The van der Waals surface area contributed by atoms with Crippen molar-refractivity contribution in [2.75, 3.05) is 6.26 Å². The Bertz CT molecular complexity index is 1340. The maximum absolute atomic E-state index is 13.4. The standard InChI is InChI=1S/C21H16F3N3O3S/c1-13-10-14(5-7-16(13)18-4-3-9-30-18)17-11-19(21(22,23)24)26-27(17)15-6-8-20(25-12-15)31(2,28)29/h3-12H,1-2H3. The summed E-state index contributed by atoms with van der Waals surface area (Å²) in [6, 6.07) is 12.3. The van der Waals surface area contributed by atoms with Crippen LogP contribution in [0.25, 0.3) is 28.3 Å². The van der Waals surface area contributed by atoms with E-state index >= 15 is 0 Å². The monoisotopic (exact) mass is 447 g/mol. The molecule has 0 aliphatic rings. The molecule has 0 saturated heterocycles. The number of halogens is 3. The van der Waals surface area contributed by atoms with Crippen LogP contribution >= 0.6 is 0 Å².